The van der Waals surface area contributed by atoms with E-state index in [2.05, 4.69) is 52.4 Å². The minimum atomic E-state index is -0.506. The van der Waals surface area contributed by atoms with Crippen LogP contribution in [0.25, 0.3) is 16.8 Å². The summed E-state index contributed by atoms with van der Waals surface area (Å²) in [5.41, 5.74) is 3.38. The number of aryl methyl sites for hydroxylation is 1. The highest BCUT2D eigenvalue weighted by Gasteiger charge is 2.13. The Morgan fingerprint density at radius 3 is 2.57 bits per heavy atom. The zero-order chi connectivity index (χ0) is 24.8. The van der Waals surface area contributed by atoms with E-state index < -0.39 is 5.91 Å². The van der Waals surface area contributed by atoms with Crippen LogP contribution in [0, 0.1) is 18.3 Å². The first-order chi connectivity index (χ1) is 17.0. The molecule has 4 rings (SSSR count). The minimum Gasteiger partial charge on any atom is -0.497 e. The number of benzene rings is 4. The highest BCUT2D eigenvalue weighted by Crippen LogP contribution is 2.29. The van der Waals surface area contributed by atoms with E-state index in [0.717, 1.165) is 26.4 Å². The lowest BCUT2D eigenvalue weighted by molar-refractivity contribution is -0.112. The molecule has 4 aromatic carbocycles. The molecule has 0 heterocycles. The number of hydrogen-bond donors (Lipinski definition) is 1. The molecule has 0 bridgehead atoms. The molecule has 1 amide bonds. The molecule has 0 aliphatic heterocycles. The Hall–Kier alpha value is -4.08. The van der Waals surface area contributed by atoms with Gasteiger partial charge in [0.25, 0.3) is 5.91 Å². The standard InChI is InChI=1S/C29H23BrN2O3/c1-19-7-8-20-5-3-4-6-26(20)27(19)18-35-28-14-9-23(30)16-21(28)15-22(17-31)29(33)32-24-10-12-25(34-2)13-11-24/h3-16H,18H2,1-2H3,(H,32,33)/b22-15+. The van der Waals surface area contributed by atoms with Crippen LogP contribution in [0.3, 0.4) is 0 Å². The van der Waals surface area contributed by atoms with Crippen molar-refractivity contribution in [1.29, 1.82) is 5.26 Å². The molecule has 0 radical (unpaired) electrons. The predicted molar refractivity (Wildman–Crippen MR) is 142 cm³/mol. The van der Waals surface area contributed by atoms with Gasteiger partial charge in [0.05, 0.1) is 7.11 Å². The third-order valence-electron chi connectivity index (χ3n) is 5.63. The highest BCUT2D eigenvalue weighted by molar-refractivity contribution is 9.10. The lowest BCUT2D eigenvalue weighted by Gasteiger charge is -2.14. The van der Waals surface area contributed by atoms with Crippen molar-refractivity contribution in [3.63, 3.8) is 0 Å². The van der Waals surface area contributed by atoms with E-state index in [1.165, 1.54) is 6.08 Å². The van der Waals surface area contributed by atoms with Gasteiger partial charge in [-0.05, 0) is 71.8 Å². The summed E-state index contributed by atoms with van der Waals surface area (Å²) in [6, 6.07) is 26.8. The van der Waals surface area contributed by atoms with Crippen LogP contribution < -0.4 is 14.8 Å². The molecule has 0 saturated carbocycles. The summed E-state index contributed by atoms with van der Waals surface area (Å²) >= 11 is 3.47. The summed E-state index contributed by atoms with van der Waals surface area (Å²) in [5, 5.41) is 14.7. The third-order valence-corrected chi connectivity index (χ3v) is 6.12. The Bertz CT molecular complexity index is 1450. The average molecular weight is 527 g/mol. The van der Waals surface area contributed by atoms with Crippen molar-refractivity contribution in [2.75, 3.05) is 12.4 Å². The maximum Gasteiger partial charge on any atom is 0.266 e. The quantitative estimate of drug-likeness (QED) is 0.207. The van der Waals surface area contributed by atoms with Crippen LogP contribution in [0.15, 0.2) is 88.9 Å². The smallest absolute Gasteiger partial charge is 0.266 e. The van der Waals surface area contributed by atoms with Crippen LogP contribution in [0.5, 0.6) is 11.5 Å². The Labute approximate surface area is 212 Å². The summed E-state index contributed by atoms with van der Waals surface area (Å²) in [6.45, 7) is 2.42. The van der Waals surface area contributed by atoms with Crippen LogP contribution in [0.1, 0.15) is 16.7 Å². The van der Waals surface area contributed by atoms with Gasteiger partial charge in [0.1, 0.15) is 29.7 Å². The second kappa shape index (κ2) is 10.9. The van der Waals surface area contributed by atoms with E-state index in [1.54, 1.807) is 31.4 Å². The molecule has 0 saturated heterocycles. The second-order valence-electron chi connectivity index (χ2n) is 7.91. The molecule has 0 aliphatic carbocycles. The van der Waals surface area contributed by atoms with Crippen molar-refractivity contribution >= 4 is 44.4 Å². The minimum absolute atomic E-state index is 0.0369. The molecule has 0 fully saturated rings. The molecule has 0 spiro atoms. The summed E-state index contributed by atoms with van der Waals surface area (Å²) in [7, 11) is 1.57. The van der Waals surface area contributed by atoms with Gasteiger partial charge in [-0.2, -0.15) is 5.26 Å². The van der Waals surface area contributed by atoms with E-state index in [4.69, 9.17) is 9.47 Å². The number of ether oxygens (including phenoxy) is 2. The van der Waals surface area contributed by atoms with Crippen molar-refractivity contribution in [1.82, 2.24) is 0 Å². The van der Waals surface area contributed by atoms with Gasteiger partial charge in [-0.1, -0.05) is 52.3 Å². The Balaban J connectivity index is 1.59. The number of nitrogens with zero attached hydrogens (tertiary/aromatic N) is 1. The van der Waals surface area contributed by atoms with E-state index in [-0.39, 0.29) is 5.57 Å². The number of fused-ring (bicyclic) bond motifs is 1. The predicted octanol–water partition coefficient (Wildman–Crippen LogP) is 7.04. The molecule has 35 heavy (non-hydrogen) atoms. The second-order valence-corrected chi connectivity index (χ2v) is 8.82. The third kappa shape index (κ3) is 5.71. The first kappa shape index (κ1) is 24.1. The molecule has 6 heteroatoms. The normalized spacial score (nSPS) is 11.1. The number of carbonyl (C=O) groups is 1. The Morgan fingerprint density at radius 2 is 1.83 bits per heavy atom. The number of anilines is 1. The van der Waals surface area contributed by atoms with E-state index in [1.807, 2.05) is 36.4 Å². The first-order valence-electron chi connectivity index (χ1n) is 11.0. The summed E-state index contributed by atoms with van der Waals surface area (Å²) in [4.78, 5) is 12.8. The number of methoxy groups -OCH3 is 1. The van der Waals surface area contributed by atoms with Gasteiger partial charge in [-0.25, -0.2) is 0 Å². The number of amides is 1. The van der Waals surface area contributed by atoms with Gasteiger partial charge in [-0.3, -0.25) is 4.79 Å². The first-order valence-corrected chi connectivity index (χ1v) is 11.7. The molecule has 1 N–H and O–H groups in total. The Morgan fingerprint density at radius 1 is 1.06 bits per heavy atom. The molecule has 0 aliphatic rings. The molecular formula is C29H23BrN2O3. The number of nitrogens with one attached hydrogen (secondary N) is 1. The molecular weight excluding hydrogens is 504 g/mol. The average Bonchev–Trinajstić information content (AvgIpc) is 2.88. The van der Waals surface area contributed by atoms with E-state index in [9.17, 15) is 10.1 Å². The fraction of sp³-hybridized carbons (Fsp3) is 0.103. The van der Waals surface area contributed by atoms with Crippen molar-refractivity contribution in [3.05, 3.63) is 106 Å². The molecule has 0 unspecified atom stereocenters. The topological polar surface area (TPSA) is 71.3 Å². The van der Waals surface area contributed by atoms with Gasteiger partial charge < -0.3 is 14.8 Å². The molecule has 4 aromatic rings. The highest BCUT2D eigenvalue weighted by atomic mass is 79.9. The lowest BCUT2D eigenvalue weighted by Crippen LogP contribution is -2.13. The summed E-state index contributed by atoms with van der Waals surface area (Å²) in [5.74, 6) is 0.746. The molecule has 0 aromatic heterocycles. The van der Waals surface area contributed by atoms with Crippen molar-refractivity contribution in [3.8, 4) is 17.6 Å². The SMILES string of the molecule is COc1ccc(NC(=O)/C(C#N)=C/c2cc(Br)ccc2OCc2c(C)ccc3ccccc23)cc1. The zero-order valence-corrected chi connectivity index (χ0v) is 20.9. The number of rotatable bonds is 7. The van der Waals surface area contributed by atoms with Crippen LogP contribution >= 0.6 is 15.9 Å². The van der Waals surface area contributed by atoms with E-state index in [0.29, 0.717) is 29.4 Å². The van der Waals surface area contributed by atoms with Crippen LogP contribution in [-0.2, 0) is 11.4 Å². The largest absolute Gasteiger partial charge is 0.497 e. The van der Waals surface area contributed by atoms with Crippen molar-refractivity contribution in [2.24, 2.45) is 0 Å². The van der Waals surface area contributed by atoms with Gasteiger partial charge in [-0.15, -0.1) is 0 Å². The maximum atomic E-state index is 12.8. The number of carbonyl (C=O) groups excluding carboxylic acids is 1. The molecule has 5 nitrogen and oxygen atoms in total. The van der Waals surface area contributed by atoms with Crippen LogP contribution in [0.4, 0.5) is 5.69 Å². The number of hydrogen-bond acceptors (Lipinski definition) is 4. The maximum absolute atomic E-state index is 12.8. The fourth-order valence-corrected chi connectivity index (χ4v) is 4.11. The molecule has 174 valence electrons. The van der Waals surface area contributed by atoms with Crippen LogP contribution in [-0.4, -0.2) is 13.0 Å². The van der Waals surface area contributed by atoms with Crippen molar-refractivity contribution < 1.29 is 14.3 Å². The lowest BCUT2D eigenvalue weighted by atomic mass is 10.0. The monoisotopic (exact) mass is 526 g/mol. The van der Waals surface area contributed by atoms with E-state index >= 15 is 0 Å². The van der Waals surface area contributed by atoms with Gasteiger partial charge in [0.15, 0.2) is 0 Å². The van der Waals surface area contributed by atoms with Gasteiger partial charge in [0.2, 0.25) is 0 Å². The molecule has 0 atom stereocenters. The fourth-order valence-electron chi connectivity index (χ4n) is 3.73. The van der Waals surface area contributed by atoms with Gasteiger partial charge in [0, 0.05) is 21.3 Å². The summed E-state index contributed by atoms with van der Waals surface area (Å²) in [6.07, 6.45) is 1.54. The number of nitriles is 1. The Kier molecular flexibility index (Phi) is 7.49. The van der Waals surface area contributed by atoms with Gasteiger partial charge >= 0.3 is 0 Å². The van der Waals surface area contributed by atoms with Crippen LogP contribution in [0.2, 0.25) is 0 Å². The summed E-state index contributed by atoms with van der Waals surface area (Å²) < 4.78 is 12.2. The number of halogens is 1. The van der Waals surface area contributed by atoms with Crippen molar-refractivity contribution in [2.45, 2.75) is 13.5 Å². The zero-order valence-electron chi connectivity index (χ0n) is 19.3.